The number of hydrogen-bond acceptors (Lipinski definition) is 4. The van der Waals surface area contributed by atoms with Crippen molar-refractivity contribution in [2.75, 3.05) is 37.0 Å². The highest BCUT2D eigenvalue weighted by Gasteiger charge is 2.21. The molecule has 2 N–H and O–H groups in total. The van der Waals surface area contributed by atoms with E-state index in [-0.39, 0.29) is 17.6 Å². The lowest BCUT2D eigenvalue weighted by Gasteiger charge is -2.21. The molecule has 0 radical (unpaired) electrons. The van der Waals surface area contributed by atoms with Crippen LogP contribution < -0.4 is 15.5 Å². The maximum absolute atomic E-state index is 13.8. The van der Waals surface area contributed by atoms with Gasteiger partial charge in [0, 0.05) is 20.1 Å². The summed E-state index contributed by atoms with van der Waals surface area (Å²) in [5.74, 6) is -0.153. The van der Waals surface area contributed by atoms with Crippen LogP contribution in [0.15, 0.2) is 48.5 Å². The molecule has 8 heteroatoms. The first kappa shape index (κ1) is 24.0. The van der Waals surface area contributed by atoms with Crippen LogP contribution in [0.25, 0.3) is 0 Å². The largest absolute Gasteiger partial charge is 0.372 e. The van der Waals surface area contributed by atoms with E-state index in [1.807, 2.05) is 18.2 Å². The topological polar surface area (TPSA) is 61.4 Å². The molecule has 1 atom stereocenters. The number of hydrogen-bond donors (Lipinski definition) is 2. The van der Waals surface area contributed by atoms with E-state index in [0.29, 0.717) is 42.2 Å². The zero-order valence-corrected chi connectivity index (χ0v) is 18.7. The van der Waals surface area contributed by atoms with E-state index in [2.05, 4.69) is 10.6 Å². The molecule has 162 valence electrons. The molecule has 0 aliphatic carbocycles. The van der Waals surface area contributed by atoms with E-state index in [0.717, 1.165) is 5.75 Å². The van der Waals surface area contributed by atoms with Gasteiger partial charge in [0.1, 0.15) is 11.9 Å². The minimum absolute atomic E-state index is 0.238. The van der Waals surface area contributed by atoms with Crippen molar-refractivity contribution < 1.29 is 14.0 Å². The molecule has 1 unspecified atom stereocenters. The molecule has 2 aromatic rings. The highest BCUT2D eigenvalue weighted by molar-refractivity contribution is 7.98. The Kier molecular flexibility index (Phi) is 9.97. The van der Waals surface area contributed by atoms with Crippen LogP contribution in [-0.2, 0) is 4.79 Å². The second kappa shape index (κ2) is 12.4. The molecular formula is C22H27ClFN3O2S. The standard InChI is InChI=1S/C22H27ClFN3O2S/c1-27(20-11-6-5-10-18(20)24)14-7-13-25-22(29)19(12-15-30-2)26-21(28)16-8-3-4-9-17(16)23/h3-6,8-11,19H,7,12-15H2,1-2H3,(H,25,29)(H,26,28). The van der Waals surface area contributed by atoms with Crippen LogP contribution in [0, 0.1) is 5.82 Å². The fourth-order valence-electron chi connectivity index (χ4n) is 2.92. The Labute approximate surface area is 186 Å². The molecule has 5 nitrogen and oxygen atoms in total. The van der Waals surface area contributed by atoms with Crippen LogP contribution in [0.1, 0.15) is 23.2 Å². The van der Waals surface area contributed by atoms with Gasteiger partial charge in [-0.25, -0.2) is 4.39 Å². The van der Waals surface area contributed by atoms with Crippen LogP contribution in [-0.4, -0.2) is 50.0 Å². The molecule has 0 bridgehead atoms. The van der Waals surface area contributed by atoms with Gasteiger partial charge in [-0.05, 0) is 49.1 Å². The lowest BCUT2D eigenvalue weighted by Crippen LogP contribution is -2.47. The second-order valence-corrected chi connectivity index (χ2v) is 8.20. The van der Waals surface area contributed by atoms with Crippen LogP contribution >= 0.6 is 23.4 Å². The van der Waals surface area contributed by atoms with Crippen LogP contribution in [0.3, 0.4) is 0 Å². The number of carbonyl (C=O) groups is 2. The number of carbonyl (C=O) groups excluding carboxylic acids is 2. The predicted molar refractivity (Wildman–Crippen MR) is 123 cm³/mol. The van der Waals surface area contributed by atoms with Gasteiger partial charge in [0.25, 0.3) is 5.91 Å². The number of anilines is 1. The van der Waals surface area contributed by atoms with Gasteiger partial charge in [-0.2, -0.15) is 11.8 Å². The Balaban J connectivity index is 1.86. The summed E-state index contributed by atoms with van der Waals surface area (Å²) in [6.07, 6.45) is 3.10. The molecule has 0 saturated carbocycles. The predicted octanol–water partition coefficient (Wildman–Crippen LogP) is 3.97. The normalized spacial score (nSPS) is 11.6. The SMILES string of the molecule is CSCCC(NC(=O)c1ccccc1Cl)C(=O)NCCCN(C)c1ccccc1F. The molecule has 0 aliphatic heterocycles. The summed E-state index contributed by atoms with van der Waals surface area (Å²) in [6.45, 7) is 1.01. The molecule has 30 heavy (non-hydrogen) atoms. The average molecular weight is 452 g/mol. The molecule has 2 amide bonds. The van der Waals surface area contributed by atoms with Gasteiger partial charge >= 0.3 is 0 Å². The number of thioether (sulfide) groups is 1. The maximum atomic E-state index is 13.8. The summed E-state index contributed by atoms with van der Waals surface area (Å²) in [5, 5.41) is 5.99. The zero-order chi connectivity index (χ0) is 21.9. The zero-order valence-electron chi connectivity index (χ0n) is 17.2. The second-order valence-electron chi connectivity index (χ2n) is 6.80. The maximum Gasteiger partial charge on any atom is 0.253 e. The summed E-state index contributed by atoms with van der Waals surface area (Å²) < 4.78 is 13.8. The molecule has 0 heterocycles. The van der Waals surface area contributed by atoms with Gasteiger partial charge in [-0.3, -0.25) is 9.59 Å². The van der Waals surface area contributed by atoms with Gasteiger partial charge in [-0.1, -0.05) is 35.9 Å². The Morgan fingerprint density at radius 1 is 1.17 bits per heavy atom. The Morgan fingerprint density at radius 2 is 1.87 bits per heavy atom. The fourth-order valence-corrected chi connectivity index (χ4v) is 3.61. The van der Waals surface area contributed by atoms with Crippen molar-refractivity contribution in [3.63, 3.8) is 0 Å². The number of nitrogens with zero attached hydrogens (tertiary/aromatic N) is 1. The van der Waals surface area contributed by atoms with Crippen molar-refractivity contribution >= 4 is 40.9 Å². The molecule has 2 rings (SSSR count). The van der Waals surface area contributed by atoms with Crippen molar-refractivity contribution in [1.29, 1.82) is 0 Å². The minimum atomic E-state index is -0.648. The van der Waals surface area contributed by atoms with E-state index in [1.54, 1.807) is 54.2 Å². The highest BCUT2D eigenvalue weighted by atomic mass is 35.5. The molecular weight excluding hydrogens is 425 g/mol. The van der Waals surface area contributed by atoms with Crippen molar-refractivity contribution in [3.8, 4) is 0 Å². The number of amides is 2. The van der Waals surface area contributed by atoms with Crippen LogP contribution in [0.4, 0.5) is 10.1 Å². The summed E-state index contributed by atoms with van der Waals surface area (Å²) in [4.78, 5) is 27.0. The quantitative estimate of drug-likeness (QED) is 0.507. The summed E-state index contributed by atoms with van der Waals surface area (Å²) in [7, 11) is 1.81. The van der Waals surface area contributed by atoms with Crippen LogP contribution in [0.5, 0.6) is 0 Å². The summed E-state index contributed by atoms with van der Waals surface area (Å²) in [6, 6.07) is 12.7. The fraction of sp³-hybridized carbons (Fsp3) is 0.364. The molecule has 0 fully saturated rings. The third kappa shape index (κ3) is 7.22. The lowest BCUT2D eigenvalue weighted by molar-refractivity contribution is -0.123. The average Bonchev–Trinajstić information content (AvgIpc) is 2.74. The van der Waals surface area contributed by atoms with Crippen molar-refractivity contribution in [2.24, 2.45) is 0 Å². The molecule has 0 saturated heterocycles. The van der Waals surface area contributed by atoms with E-state index >= 15 is 0 Å². The van der Waals surface area contributed by atoms with Crippen molar-refractivity contribution in [2.45, 2.75) is 18.9 Å². The third-order valence-corrected chi connectivity index (χ3v) is 5.56. The van der Waals surface area contributed by atoms with E-state index in [9.17, 15) is 14.0 Å². The molecule has 0 spiro atoms. The van der Waals surface area contributed by atoms with E-state index < -0.39 is 6.04 Å². The number of nitrogens with one attached hydrogen (secondary N) is 2. The lowest BCUT2D eigenvalue weighted by atomic mass is 10.1. The van der Waals surface area contributed by atoms with Gasteiger partial charge < -0.3 is 15.5 Å². The highest BCUT2D eigenvalue weighted by Crippen LogP contribution is 2.17. The van der Waals surface area contributed by atoms with Gasteiger partial charge in [0.05, 0.1) is 16.3 Å². The van der Waals surface area contributed by atoms with E-state index in [4.69, 9.17) is 11.6 Å². The van der Waals surface area contributed by atoms with E-state index in [1.165, 1.54) is 6.07 Å². The number of benzene rings is 2. The Morgan fingerprint density at radius 3 is 2.57 bits per heavy atom. The molecule has 0 aliphatic rings. The first-order valence-electron chi connectivity index (χ1n) is 9.71. The molecule has 0 aromatic heterocycles. The third-order valence-electron chi connectivity index (χ3n) is 4.58. The van der Waals surface area contributed by atoms with Crippen molar-refractivity contribution in [3.05, 3.63) is 64.9 Å². The Hall–Kier alpha value is -2.25. The summed E-state index contributed by atoms with van der Waals surface area (Å²) >= 11 is 7.69. The van der Waals surface area contributed by atoms with Gasteiger partial charge in [-0.15, -0.1) is 0 Å². The summed E-state index contributed by atoms with van der Waals surface area (Å²) in [5.41, 5.74) is 0.862. The number of para-hydroxylation sites is 1. The van der Waals surface area contributed by atoms with Crippen molar-refractivity contribution in [1.82, 2.24) is 10.6 Å². The monoisotopic (exact) mass is 451 g/mol. The van der Waals surface area contributed by atoms with Gasteiger partial charge in [0.2, 0.25) is 5.91 Å². The smallest absolute Gasteiger partial charge is 0.253 e. The first-order chi connectivity index (χ1) is 14.4. The van der Waals surface area contributed by atoms with Gasteiger partial charge in [0.15, 0.2) is 0 Å². The minimum Gasteiger partial charge on any atom is -0.372 e. The number of rotatable bonds is 11. The first-order valence-corrected chi connectivity index (χ1v) is 11.5. The number of halogens is 2. The molecule has 2 aromatic carbocycles. The Bertz CT molecular complexity index is 853. The van der Waals surface area contributed by atoms with Crippen LogP contribution in [0.2, 0.25) is 5.02 Å².